The largest absolute Gasteiger partial charge is 0.204 e. The van der Waals surface area contributed by atoms with Gasteiger partial charge in [0.05, 0.1) is 5.16 Å². The molecule has 4 heteroatoms. The van der Waals surface area contributed by atoms with Gasteiger partial charge in [0, 0.05) is 11.1 Å². The highest BCUT2D eigenvalue weighted by molar-refractivity contribution is 7.78. The molecule has 0 radical (unpaired) electrons. The van der Waals surface area contributed by atoms with Crippen LogP contribution in [0.15, 0.2) is 65.7 Å². The normalized spacial score (nSPS) is 9.81. The van der Waals surface area contributed by atoms with E-state index in [0.29, 0.717) is 0 Å². The molecule has 3 aromatic rings. The standard InChI is InChI=1S/C22H13F2NS/c1-15-2-8-18(9-3-15)19-10-6-16(7-11-19)4-5-17-12-20(23)22(25-14-26)21(24)13-17/h2-3,6-13H,1H3. The molecule has 0 spiro atoms. The van der Waals surface area contributed by atoms with E-state index in [1.165, 1.54) is 5.56 Å². The van der Waals surface area contributed by atoms with Crippen molar-refractivity contribution >= 4 is 23.1 Å². The van der Waals surface area contributed by atoms with E-state index in [1.807, 2.05) is 36.4 Å². The molecule has 0 N–H and O–H groups in total. The van der Waals surface area contributed by atoms with Crippen molar-refractivity contribution in [2.24, 2.45) is 4.99 Å². The van der Waals surface area contributed by atoms with Crippen LogP contribution in [-0.4, -0.2) is 5.16 Å². The first-order valence-corrected chi connectivity index (χ1v) is 8.23. The summed E-state index contributed by atoms with van der Waals surface area (Å²) in [6.07, 6.45) is 0. The molecule has 0 aliphatic carbocycles. The van der Waals surface area contributed by atoms with E-state index < -0.39 is 17.3 Å². The van der Waals surface area contributed by atoms with Crippen molar-refractivity contribution in [1.82, 2.24) is 0 Å². The van der Waals surface area contributed by atoms with Crippen LogP contribution >= 0.6 is 12.2 Å². The zero-order valence-electron chi connectivity index (χ0n) is 13.9. The second-order valence-corrected chi connectivity index (χ2v) is 5.87. The molecular weight excluding hydrogens is 348 g/mol. The van der Waals surface area contributed by atoms with Crippen molar-refractivity contribution in [2.75, 3.05) is 0 Å². The van der Waals surface area contributed by atoms with E-state index in [0.717, 1.165) is 28.8 Å². The highest BCUT2D eigenvalue weighted by Gasteiger charge is 2.09. The Bertz CT molecular complexity index is 1030. The molecule has 0 aromatic heterocycles. The minimum absolute atomic E-state index is 0.228. The Kier molecular flexibility index (Phi) is 5.34. The molecule has 0 aliphatic rings. The van der Waals surface area contributed by atoms with E-state index >= 15 is 0 Å². The molecule has 0 saturated carbocycles. The summed E-state index contributed by atoms with van der Waals surface area (Å²) >= 11 is 4.38. The van der Waals surface area contributed by atoms with Gasteiger partial charge in [0.25, 0.3) is 0 Å². The lowest BCUT2D eigenvalue weighted by Gasteiger charge is -2.02. The number of thiocarbonyl (C=S) groups is 1. The number of hydrogen-bond acceptors (Lipinski definition) is 2. The van der Waals surface area contributed by atoms with Gasteiger partial charge in [-0.25, -0.2) is 8.78 Å². The topological polar surface area (TPSA) is 12.4 Å². The summed E-state index contributed by atoms with van der Waals surface area (Å²) in [4.78, 5) is 3.38. The minimum Gasteiger partial charge on any atom is -0.204 e. The molecule has 3 aromatic carbocycles. The summed E-state index contributed by atoms with van der Waals surface area (Å²) in [5.74, 6) is 4.03. The van der Waals surface area contributed by atoms with Gasteiger partial charge in [0.2, 0.25) is 0 Å². The fraction of sp³-hybridized carbons (Fsp3) is 0.0455. The van der Waals surface area contributed by atoms with Crippen molar-refractivity contribution in [3.8, 4) is 23.0 Å². The summed E-state index contributed by atoms with van der Waals surface area (Å²) in [6, 6.07) is 18.2. The smallest absolute Gasteiger partial charge is 0.153 e. The fourth-order valence-corrected chi connectivity index (χ4v) is 2.52. The van der Waals surface area contributed by atoms with Crippen LogP contribution in [0, 0.1) is 30.4 Å². The molecule has 0 aliphatic heterocycles. The number of nitrogens with zero attached hydrogens (tertiary/aromatic N) is 1. The maximum absolute atomic E-state index is 13.8. The van der Waals surface area contributed by atoms with E-state index in [2.05, 4.69) is 53.3 Å². The van der Waals surface area contributed by atoms with Crippen LogP contribution in [0.5, 0.6) is 0 Å². The first-order chi connectivity index (χ1) is 12.6. The Balaban J connectivity index is 1.84. The molecule has 0 saturated heterocycles. The van der Waals surface area contributed by atoms with Crippen LogP contribution < -0.4 is 0 Å². The van der Waals surface area contributed by atoms with Gasteiger partial charge < -0.3 is 0 Å². The number of aryl methyl sites for hydroxylation is 1. The van der Waals surface area contributed by atoms with E-state index in [9.17, 15) is 8.78 Å². The number of rotatable bonds is 2. The highest BCUT2D eigenvalue weighted by Crippen LogP contribution is 2.23. The zero-order chi connectivity index (χ0) is 18.5. The molecule has 0 fully saturated rings. The van der Waals surface area contributed by atoms with Crippen molar-refractivity contribution < 1.29 is 8.78 Å². The first kappa shape index (κ1) is 17.7. The number of benzene rings is 3. The van der Waals surface area contributed by atoms with Crippen LogP contribution in [0.3, 0.4) is 0 Å². The molecule has 0 bridgehead atoms. The number of isothiocyanates is 1. The van der Waals surface area contributed by atoms with Crippen molar-refractivity contribution in [3.63, 3.8) is 0 Å². The minimum atomic E-state index is -0.818. The fourth-order valence-electron chi connectivity index (χ4n) is 2.43. The van der Waals surface area contributed by atoms with Crippen LogP contribution in [0.2, 0.25) is 0 Å². The summed E-state index contributed by atoms with van der Waals surface area (Å²) in [7, 11) is 0. The van der Waals surface area contributed by atoms with Gasteiger partial charge in [-0.1, -0.05) is 53.8 Å². The number of hydrogen-bond donors (Lipinski definition) is 0. The molecule has 0 amide bonds. The average Bonchev–Trinajstić information content (AvgIpc) is 2.64. The molecule has 0 unspecified atom stereocenters. The second-order valence-electron chi connectivity index (χ2n) is 5.68. The maximum atomic E-state index is 13.8. The summed E-state index contributed by atoms with van der Waals surface area (Å²) < 4.78 is 27.6. The Hall–Kier alpha value is -3.12. The third kappa shape index (κ3) is 4.10. The Morgan fingerprint density at radius 3 is 1.81 bits per heavy atom. The van der Waals surface area contributed by atoms with Crippen molar-refractivity contribution in [2.45, 2.75) is 6.92 Å². The van der Waals surface area contributed by atoms with Gasteiger partial charge in [-0.15, -0.1) is 0 Å². The van der Waals surface area contributed by atoms with Gasteiger partial charge >= 0.3 is 0 Å². The van der Waals surface area contributed by atoms with E-state index in [4.69, 9.17) is 0 Å². The molecule has 0 heterocycles. The maximum Gasteiger partial charge on any atom is 0.153 e. The van der Waals surface area contributed by atoms with E-state index in [-0.39, 0.29) is 5.56 Å². The summed E-state index contributed by atoms with van der Waals surface area (Å²) in [5.41, 5.74) is 3.93. The molecular formula is C22H13F2NS. The second kappa shape index (κ2) is 7.84. The van der Waals surface area contributed by atoms with Crippen molar-refractivity contribution in [1.29, 1.82) is 0 Å². The van der Waals surface area contributed by atoms with Crippen LogP contribution in [0.1, 0.15) is 16.7 Å². The first-order valence-electron chi connectivity index (χ1n) is 7.83. The summed E-state index contributed by atoms with van der Waals surface area (Å²) in [6.45, 7) is 2.04. The van der Waals surface area contributed by atoms with E-state index in [1.54, 1.807) is 0 Å². The number of halogens is 2. The van der Waals surface area contributed by atoms with Crippen LogP contribution in [0.4, 0.5) is 14.5 Å². The molecule has 1 nitrogen and oxygen atoms in total. The van der Waals surface area contributed by atoms with Gasteiger partial charge in [-0.2, -0.15) is 4.99 Å². The molecule has 3 rings (SSSR count). The molecule has 26 heavy (non-hydrogen) atoms. The Labute approximate surface area is 156 Å². The summed E-state index contributed by atoms with van der Waals surface area (Å²) in [5, 5.41) is 1.96. The monoisotopic (exact) mass is 361 g/mol. The number of aliphatic imine (C=N–C) groups is 1. The lowest BCUT2D eigenvalue weighted by Crippen LogP contribution is -1.86. The SMILES string of the molecule is Cc1ccc(-c2ccc(C#Cc3cc(F)c(N=C=S)c(F)c3)cc2)cc1. The highest BCUT2D eigenvalue weighted by atomic mass is 32.1. The van der Waals surface area contributed by atoms with Crippen LogP contribution in [0.25, 0.3) is 11.1 Å². The average molecular weight is 361 g/mol. The van der Waals surface area contributed by atoms with Gasteiger partial charge in [0.15, 0.2) is 11.6 Å². The van der Waals surface area contributed by atoms with Gasteiger partial charge in [0.1, 0.15) is 5.69 Å². The quantitative estimate of drug-likeness (QED) is 0.306. The van der Waals surface area contributed by atoms with Gasteiger partial charge in [-0.05, 0) is 54.5 Å². The lowest BCUT2D eigenvalue weighted by atomic mass is 10.0. The Morgan fingerprint density at radius 1 is 0.769 bits per heavy atom. The Morgan fingerprint density at radius 2 is 1.27 bits per heavy atom. The lowest BCUT2D eigenvalue weighted by molar-refractivity contribution is 0.587. The zero-order valence-corrected chi connectivity index (χ0v) is 14.7. The van der Waals surface area contributed by atoms with Crippen LogP contribution in [-0.2, 0) is 0 Å². The van der Waals surface area contributed by atoms with Gasteiger partial charge in [-0.3, -0.25) is 0 Å². The third-order valence-electron chi connectivity index (χ3n) is 3.80. The third-order valence-corrected chi connectivity index (χ3v) is 3.89. The van der Waals surface area contributed by atoms with Crippen molar-refractivity contribution in [3.05, 3.63) is 89.0 Å². The molecule has 126 valence electrons. The predicted octanol–water partition coefficient (Wildman–Crippen LogP) is 6.07. The molecule has 0 atom stereocenters. The predicted molar refractivity (Wildman–Crippen MR) is 104 cm³/mol.